The molecule has 11 aromatic rings. The van der Waals surface area contributed by atoms with Gasteiger partial charge in [0, 0.05) is 36.9 Å². The Bertz CT molecular complexity index is 3160. The van der Waals surface area contributed by atoms with Crippen molar-refractivity contribution >= 4 is 70.5 Å². The van der Waals surface area contributed by atoms with E-state index in [1.807, 2.05) is 23.5 Å². The van der Waals surface area contributed by atoms with Gasteiger partial charge in [0.05, 0.1) is 11.1 Å². The first-order chi connectivity index (χ1) is 28.2. The molecule has 0 radical (unpaired) electrons. The topological polar surface area (TPSA) is 16.4 Å². The number of hydrogen-bond acceptors (Lipinski definition) is 3. The van der Waals surface area contributed by atoms with Crippen molar-refractivity contribution in [3.8, 4) is 44.5 Å². The quantitative estimate of drug-likeness (QED) is 0.162. The molecule has 11 rings (SSSR count). The average molecular weight is 746 g/mol. The van der Waals surface area contributed by atoms with E-state index in [-0.39, 0.29) is 0 Å². The van der Waals surface area contributed by atoms with Crippen LogP contribution in [0.15, 0.2) is 217 Å². The molecular weight excluding hydrogens is 711 g/mol. The highest BCUT2D eigenvalue weighted by Gasteiger charge is 2.20. The van der Waals surface area contributed by atoms with E-state index < -0.39 is 0 Å². The number of hydrogen-bond donors (Lipinski definition) is 0. The standard InChI is InChI=1S/C54H35NOS/c1-3-12-36(13-4-1)41-32-42(37-14-5-2-6-15-37)34-43(33-41)39-24-29-45(30-25-39)55(49-18-11-20-51-54(49)47-17-7-9-19-50(47)56-51)44-27-22-38(23-28-44)40-26-31-53-48(35-40)46-16-8-10-21-52(46)57-53/h1-35H. The number of rotatable bonds is 7. The Morgan fingerprint density at radius 1 is 0.316 bits per heavy atom. The Balaban J connectivity index is 1.03. The van der Waals surface area contributed by atoms with Gasteiger partial charge in [-0.05, 0) is 123 Å². The lowest BCUT2D eigenvalue weighted by Crippen LogP contribution is -2.10. The fourth-order valence-corrected chi connectivity index (χ4v) is 9.36. The van der Waals surface area contributed by atoms with Gasteiger partial charge in [-0.25, -0.2) is 0 Å². The zero-order valence-electron chi connectivity index (χ0n) is 31.0. The van der Waals surface area contributed by atoms with E-state index in [1.165, 1.54) is 59.1 Å². The van der Waals surface area contributed by atoms with Crippen molar-refractivity contribution in [3.05, 3.63) is 212 Å². The average Bonchev–Trinajstić information content (AvgIpc) is 3.86. The zero-order chi connectivity index (χ0) is 37.7. The van der Waals surface area contributed by atoms with Crippen LogP contribution in [0.2, 0.25) is 0 Å². The summed E-state index contributed by atoms with van der Waals surface area (Å²) in [7, 11) is 0. The van der Waals surface area contributed by atoms with Crippen molar-refractivity contribution in [3.63, 3.8) is 0 Å². The van der Waals surface area contributed by atoms with E-state index in [4.69, 9.17) is 4.42 Å². The van der Waals surface area contributed by atoms with Gasteiger partial charge in [-0.3, -0.25) is 0 Å². The third-order valence-corrected chi connectivity index (χ3v) is 12.2. The molecule has 0 spiro atoms. The first-order valence-electron chi connectivity index (χ1n) is 19.3. The Hall–Kier alpha value is -7.20. The number of para-hydroxylation sites is 1. The lowest BCUT2D eigenvalue weighted by molar-refractivity contribution is 0.669. The predicted octanol–water partition coefficient (Wildman–Crippen LogP) is 16.1. The van der Waals surface area contributed by atoms with Crippen LogP contribution in [0.4, 0.5) is 17.1 Å². The molecule has 3 heteroatoms. The van der Waals surface area contributed by atoms with Gasteiger partial charge >= 0.3 is 0 Å². The number of thiophene rings is 1. The highest BCUT2D eigenvalue weighted by molar-refractivity contribution is 7.25. The molecule has 268 valence electrons. The fourth-order valence-electron chi connectivity index (χ4n) is 8.27. The van der Waals surface area contributed by atoms with E-state index in [1.54, 1.807) is 0 Å². The molecule has 0 saturated heterocycles. The van der Waals surface area contributed by atoms with Gasteiger partial charge in [0.15, 0.2) is 0 Å². The fraction of sp³-hybridized carbons (Fsp3) is 0. The molecule has 0 bridgehead atoms. The number of furan rings is 1. The molecule has 57 heavy (non-hydrogen) atoms. The zero-order valence-corrected chi connectivity index (χ0v) is 31.8. The number of benzene rings is 9. The molecule has 0 fully saturated rings. The van der Waals surface area contributed by atoms with Gasteiger partial charge < -0.3 is 9.32 Å². The summed E-state index contributed by atoms with van der Waals surface area (Å²) in [6, 6.07) is 76.4. The number of anilines is 3. The van der Waals surface area contributed by atoms with Crippen LogP contribution in [0, 0.1) is 0 Å². The molecule has 0 unspecified atom stereocenters. The summed E-state index contributed by atoms with van der Waals surface area (Å²) in [5.41, 5.74) is 14.5. The summed E-state index contributed by atoms with van der Waals surface area (Å²) in [4.78, 5) is 2.36. The smallest absolute Gasteiger partial charge is 0.137 e. The van der Waals surface area contributed by atoms with Crippen LogP contribution in [0.5, 0.6) is 0 Å². The van der Waals surface area contributed by atoms with Crippen LogP contribution in [-0.2, 0) is 0 Å². The molecule has 0 amide bonds. The maximum Gasteiger partial charge on any atom is 0.137 e. The first kappa shape index (κ1) is 33.2. The summed E-state index contributed by atoms with van der Waals surface area (Å²) in [6.07, 6.45) is 0. The second-order valence-electron chi connectivity index (χ2n) is 14.5. The number of fused-ring (bicyclic) bond motifs is 6. The largest absolute Gasteiger partial charge is 0.456 e. The minimum absolute atomic E-state index is 0.870. The van der Waals surface area contributed by atoms with E-state index >= 15 is 0 Å². The summed E-state index contributed by atoms with van der Waals surface area (Å²) >= 11 is 1.85. The lowest BCUT2D eigenvalue weighted by atomic mass is 9.93. The highest BCUT2D eigenvalue weighted by Crippen LogP contribution is 2.44. The summed E-state index contributed by atoms with van der Waals surface area (Å²) in [5, 5.41) is 4.82. The monoisotopic (exact) mass is 745 g/mol. The Morgan fingerprint density at radius 2 is 0.807 bits per heavy atom. The molecule has 0 aliphatic carbocycles. The van der Waals surface area contributed by atoms with Gasteiger partial charge in [0.2, 0.25) is 0 Å². The Kier molecular flexibility index (Phi) is 8.04. The molecule has 0 saturated carbocycles. The number of nitrogens with zero attached hydrogens (tertiary/aromatic N) is 1. The molecule has 9 aromatic carbocycles. The van der Waals surface area contributed by atoms with E-state index in [0.29, 0.717) is 0 Å². The van der Waals surface area contributed by atoms with E-state index in [0.717, 1.165) is 44.6 Å². The second kappa shape index (κ2) is 13.8. The van der Waals surface area contributed by atoms with Crippen LogP contribution in [0.3, 0.4) is 0 Å². The maximum absolute atomic E-state index is 6.40. The third-order valence-electron chi connectivity index (χ3n) is 11.1. The van der Waals surface area contributed by atoms with Crippen molar-refractivity contribution in [1.82, 2.24) is 0 Å². The van der Waals surface area contributed by atoms with Crippen LogP contribution in [-0.4, -0.2) is 0 Å². The molecule has 0 aliphatic heterocycles. The predicted molar refractivity (Wildman–Crippen MR) is 243 cm³/mol. The second-order valence-corrected chi connectivity index (χ2v) is 15.6. The molecular formula is C54H35NOS. The summed E-state index contributed by atoms with van der Waals surface area (Å²) in [6.45, 7) is 0. The minimum atomic E-state index is 0.870. The van der Waals surface area contributed by atoms with Gasteiger partial charge in [-0.2, -0.15) is 0 Å². The molecule has 0 atom stereocenters. The van der Waals surface area contributed by atoms with Gasteiger partial charge in [0.1, 0.15) is 11.2 Å². The first-order valence-corrected chi connectivity index (χ1v) is 20.1. The highest BCUT2D eigenvalue weighted by atomic mass is 32.1. The van der Waals surface area contributed by atoms with Crippen LogP contribution in [0.1, 0.15) is 0 Å². The summed E-state index contributed by atoms with van der Waals surface area (Å²) in [5.74, 6) is 0. The van der Waals surface area contributed by atoms with Crippen LogP contribution < -0.4 is 4.90 Å². The lowest BCUT2D eigenvalue weighted by Gasteiger charge is -2.26. The van der Waals surface area contributed by atoms with E-state index in [2.05, 4.69) is 205 Å². The molecule has 0 N–H and O–H groups in total. The van der Waals surface area contributed by atoms with Crippen molar-refractivity contribution in [2.45, 2.75) is 0 Å². The maximum atomic E-state index is 6.40. The Morgan fingerprint density at radius 3 is 1.46 bits per heavy atom. The molecule has 2 heterocycles. The van der Waals surface area contributed by atoms with Crippen LogP contribution in [0.25, 0.3) is 86.6 Å². The van der Waals surface area contributed by atoms with Crippen molar-refractivity contribution in [1.29, 1.82) is 0 Å². The van der Waals surface area contributed by atoms with Gasteiger partial charge in [-0.15, -0.1) is 11.3 Å². The van der Waals surface area contributed by atoms with E-state index in [9.17, 15) is 0 Å². The van der Waals surface area contributed by atoms with Gasteiger partial charge in [-0.1, -0.05) is 133 Å². The molecule has 2 aromatic heterocycles. The van der Waals surface area contributed by atoms with Crippen LogP contribution >= 0.6 is 11.3 Å². The van der Waals surface area contributed by atoms with Crippen molar-refractivity contribution in [2.75, 3.05) is 4.90 Å². The minimum Gasteiger partial charge on any atom is -0.456 e. The van der Waals surface area contributed by atoms with Crippen molar-refractivity contribution < 1.29 is 4.42 Å². The normalized spacial score (nSPS) is 11.5. The third kappa shape index (κ3) is 5.97. The van der Waals surface area contributed by atoms with Gasteiger partial charge in [0.25, 0.3) is 0 Å². The SMILES string of the molecule is c1ccc(-c2cc(-c3ccccc3)cc(-c3ccc(N(c4ccc(-c5ccc6sc7ccccc7c6c5)cc4)c4cccc5oc6ccccc6c45)cc3)c2)cc1. The summed E-state index contributed by atoms with van der Waals surface area (Å²) < 4.78 is 9.03. The Labute approximate surface area is 335 Å². The van der Waals surface area contributed by atoms with Crippen molar-refractivity contribution in [2.24, 2.45) is 0 Å². The molecule has 2 nitrogen and oxygen atoms in total. The molecule has 0 aliphatic rings.